The van der Waals surface area contributed by atoms with Gasteiger partial charge in [0.25, 0.3) is 0 Å². The maximum Gasteiger partial charge on any atom is 0.244 e. The van der Waals surface area contributed by atoms with Gasteiger partial charge in [0.2, 0.25) is 12.7 Å². The molecule has 1 aromatic heterocycles. The van der Waals surface area contributed by atoms with Gasteiger partial charge in [0, 0.05) is 18.3 Å². The van der Waals surface area contributed by atoms with E-state index < -0.39 is 0 Å². The molecule has 0 saturated heterocycles. The van der Waals surface area contributed by atoms with Crippen molar-refractivity contribution in [3.63, 3.8) is 0 Å². The van der Waals surface area contributed by atoms with Crippen LogP contribution in [0.4, 0.5) is 17.5 Å². The van der Waals surface area contributed by atoms with E-state index in [1.54, 1.807) is 13.3 Å². The maximum atomic E-state index is 5.38. The number of ether oxygens (including phenoxy) is 3. The lowest BCUT2D eigenvalue weighted by Crippen LogP contribution is -2.06. The number of hydrogen-bond acceptors (Lipinski definition) is 8. The molecule has 0 fully saturated rings. The van der Waals surface area contributed by atoms with Gasteiger partial charge in [-0.05, 0) is 29.8 Å². The number of anilines is 3. The summed E-state index contributed by atoms with van der Waals surface area (Å²) in [6.45, 7) is 0.804. The van der Waals surface area contributed by atoms with E-state index in [0.717, 1.165) is 28.5 Å². The van der Waals surface area contributed by atoms with E-state index >= 15 is 0 Å². The van der Waals surface area contributed by atoms with Crippen molar-refractivity contribution in [3.05, 3.63) is 54.2 Å². The van der Waals surface area contributed by atoms with E-state index in [1.165, 1.54) is 0 Å². The number of rotatable bonds is 6. The van der Waals surface area contributed by atoms with Gasteiger partial charge in [-0.3, -0.25) is 0 Å². The molecule has 8 nitrogen and oxygen atoms in total. The third-order valence-electron chi connectivity index (χ3n) is 3.79. The van der Waals surface area contributed by atoms with Gasteiger partial charge >= 0.3 is 0 Å². The number of aromatic nitrogens is 3. The van der Waals surface area contributed by atoms with Crippen LogP contribution in [0.5, 0.6) is 17.2 Å². The van der Waals surface area contributed by atoms with Crippen molar-refractivity contribution in [2.75, 3.05) is 24.5 Å². The van der Waals surface area contributed by atoms with Crippen LogP contribution in [-0.2, 0) is 6.54 Å². The Morgan fingerprint density at radius 1 is 1.12 bits per heavy atom. The molecule has 0 atom stereocenters. The highest BCUT2D eigenvalue weighted by Crippen LogP contribution is 2.32. The van der Waals surface area contributed by atoms with E-state index in [-0.39, 0.29) is 6.79 Å². The van der Waals surface area contributed by atoms with Crippen molar-refractivity contribution in [1.29, 1.82) is 0 Å². The van der Waals surface area contributed by atoms with Crippen molar-refractivity contribution < 1.29 is 14.2 Å². The highest BCUT2D eigenvalue weighted by molar-refractivity contribution is 5.58. The Balaban J connectivity index is 1.42. The van der Waals surface area contributed by atoms with Crippen LogP contribution < -0.4 is 24.8 Å². The molecule has 0 aliphatic carbocycles. The average Bonchev–Trinajstić information content (AvgIpc) is 3.15. The molecule has 0 unspecified atom stereocenters. The summed E-state index contributed by atoms with van der Waals surface area (Å²) in [6.07, 6.45) is 1.56. The Labute approximate surface area is 150 Å². The first-order valence-corrected chi connectivity index (χ1v) is 8.03. The van der Waals surface area contributed by atoms with Crippen molar-refractivity contribution in [2.45, 2.75) is 6.54 Å². The van der Waals surface area contributed by atoms with E-state index in [4.69, 9.17) is 14.2 Å². The van der Waals surface area contributed by atoms with Crippen LogP contribution >= 0.6 is 0 Å². The molecule has 0 amide bonds. The van der Waals surface area contributed by atoms with Gasteiger partial charge < -0.3 is 24.8 Å². The highest BCUT2D eigenvalue weighted by atomic mass is 16.7. The molecule has 0 spiro atoms. The van der Waals surface area contributed by atoms with Crippen LogP contribution in [0.2, 0.25) is 0 Å². The Kier molecular flexibility index (Phi) is 4.38. The molecule has 1 aliphatic rings. The molecular formula is C18H17N5O3. The first-order chi connectivity index (χ1) is 12.8. The van der Waals surface area contributed by atoms with Crippen molar-refractivity contribution in [1.82, 2.24) is 15.2 Å². The fourth-order valence-electron chi connectivity index (χ4n) is 2.52. The zero-order valence-electron chi connectivity index (χ0n) is 14.1. The van der Waals surface area contributed by atoms with Crippen LogP contribution in [0.25, 0.3) is 0 Å². The van der Waals surface area contributed by atoms with Crippen molar-refractivity contribution in [2.24, 2.45) is 0 Å². The van der Waals surface area contributed by atoms with Crippen LogP contribution in [0.15, 0.2) is 48.7 Å². The smallest absolute Gasteiger partial charge is 0.244 e. The fourth-order valence-corrected chi connectivity index (χ4v) is 2.52. The summed E-state index contributed by atoms with van der Waals surface area (Å²) in [6, 6.07) is 13.4. The molecule has 4 rings (SSSR count). The molecule has 3 aromatic rings. The monoisotopic (exact) mass is 351 g/mol. The number of methoxy groups -OCH3 is 1. The number of benzene rings is 2. The summed E-state index contributed by atoms with van der Waals surface area (Å²) >= 11 is 0. The molecule has 0 saturated carbocycles. The number of nitrogens with one attached hydrogen (secondary N) is 2. The Hall–Kier alpha value is -3.55. The van der Waals surface area contributed by atoms with Crippen molar-refractivity contribution in [3.8, 4) is 17.2 Å². The van der Waals surface area contributed by atoms with E-state index in [0.29, 0.717) is 18.3 Å². The lowest BCUT2D eigenvalue weighted by molar-refractivity contribution is 0.174. The Bertz CT molecular complexity index is 919. The molecular weight excluding hydrogens is 334 g/mol. The summed E-state index contributed by atoms with van der Waals surface area (Å²) in [5.74, 6) is 3.28. The molecule has 2 aromatic carbocycles. The minimum atomic E-state index is 0.261. The first-order valence-electron chi connectivity index (χ1n) is 8.03. The highest BCUT2D eigenvalue weighted by Gasteiger charge is 2.13. The van der Waals surface area contributed by atoms with Crippen LogP contribution in [0, 0.1) is 0 Å². The topological polar surface area (TPSA) is 90.4 Å². The van der Waals surface area contributed by atoms with Gasteiger partial charge in [0.05, 0.1) is 13.3 Å². The van der Waals surface area contributed by atoms with Gasteiger partial charge in [-0.25, -0.2) is 0 Å². The number of hydrogen-bond donors (Lipinski definition) is 2. The second kappa shape index (κ2) is 7.14. The second-order valence-corrected chi connectivity index (χ2v) is 5.56. The predicted octanol–water partition coefficient (Wildman–Crippen LogP) is 2.96. The summed E-state index contributed by atoms with van der Waals surface area (Å²) < 4.78 is 15.9. The Morgan fingerprint density at radius 2 is 2.04 bits per heavy atom. The quantitative estimate of drug-likeness (QED) is 0.700. The normalized spacial score (nSPS) is 11.9. The second-order valence-electron chi connectivity index (χ2n) is 5.56. The SMILES string of the molecule is COc1cccc(Nc2cnnc(NCc3ccc4c(c3)OCO4)n2)c1. The summed E-state index contributed by atoms with van der Waals surface area (Å²) in [5, 5.41) is 14.3. The summed E-state index contributed by atoms with van der Waals surface area (Å²) in [4.78, 5) is 4.42. The average molecular weight is 351 g/mol. The van der Waals surface area contributed by atoms with Crippen molar-refractivity contribution >= 4 is 17.5 Å². The van der Waals surface area contributed by atoms with Crippen LogP contribution in [0.3, 0.4) is 0 Å². The summed E-state index contributed by atoms with van der Waals surface area (Å²) in [7, 11) is 1.63. The lowest BCUT2D eigenvalue weighted by atomic mass is 10.2. The van der Waals surface area contributed by atoms with Gasteiger partial charge in [0.1, 0.15) is 5.75 Å². The van der Waals surface area contributed by atoms with Gasteiger partial charge in [-0.15, -0.1) is 5.10 Å². The van der Waals surface area contributed by atoms with Gasteiger partial charge in [-0.2, -0.15) is 10.1 Å². The lowest BCUT2D eigenvalue weighted by Gasteiger charge is -2.09. The van der Waals surface area contributed by atoms with Crippen LogP contribution in [0.1, 0.15) is 5.56 Å². The molecule has 0 radical (unpaired) electrons. The van der Waals surface area contributed by atoms with Gasteiger partial charge in [0.15, 0.2) is 17.3 Å². The predicted molar refractivity (Wildman–Crippen MR) is 96.0 cm³/mol. The third-order valence-corrected chi connectivity index (χ3v) is 3.79. The van der Waals surface area contributed by atoms with Gasteiger partial charge in [-0.1, -0.05) is 12.1 Å². The fraction of sp³-hybridized carbons (Fsp3) is 0.167. The minimum Gasteiger partial charge on any atom is -0.497 e. The number of nitrogens with zero attached hydrogens (tertiary/aromatic N) is 3. The van der Waals surface area contributed by atoms with E-state index in [1.807, 2.05) is 42.5 Å². The molecule has 132 valence electrons. The minimum absolute atomic E-state index is 0.261. The maximum absolute atomic E-state index is 5.38. The molecule has 26 heavy (non-hydrogen) atoms. The number of fused-ring (bicyclic) bond motifs is 1. The Morgan fingerprint density at radius 3 is 2.96 bits per heavy atom. The van der Waals surface area contributed by atoms with E-state index in [2.05, 4.69) is 25.8 Å². The molecule has 0 bridgehead atoms. The largest absolute Gasteiger partial charge is 0.497 e. The first kappa shape index (κ1) is 15.9. The zero-order valence-corrected chi connectivity index (χ0v) is 14.1. The summed E-state index contributed by atoms with van der Waals surface area (Å²) in [5.41, 5.74) is 1.88. The van der Waals surface area contributed by atoms with Crippen LogP contribution in [-0.4, -0.2) is 29.1 Å². The standard InChI is InChI=1S/C18H17N5O3/c1-24-14-4-2-3-13(8-14)21-17-10-20-23-18(22-17)19-9-12-5-6-15-16(7-12)26-11-25-15/h2-8,10H,9,11H2,1H3,(H2,19,21,22,23). The molecule has 2 heterocycles. The third kappa shape index (κ3) is 3.59. The molecule has 8 heteroatoms. The molecule has 2 N–H and O–H groups in total. The van der Waals surface area contributed by atoms with E-state index in [9.17, 15) is 0 Å². The molecule has 1 aliphatic heterocycles. The zero-order chi connectivity index (χ0) is 17.8.